The lowest BCUT2D eigenvalue weighted by atomic mass is 10.0. The van der Waals surface area contributed by atoms with Crippen molar-refractivity contribution in [2.75, 3.05) is 25.6 Å². The number of anilines is 1. The van der Waals surface area contributed by atoms with Gasteiger partial charge in [0.2, 0.25) is 5.13 Å². The molecule has 2 heterocycles. The lowest BCUT2D eigenvalue weighted by Crippen LogP contribution is -2.26. The lowest BCUT2D eigenvalue weighted by molar-refractivity contribution is 0.131. The van der Waals surface area contributed by atoms with Gasteiger partial charge >= 0.3 is 0 Å². The van der Waals surface area contributed by atoms with Gasteiger partial charge in [-0.2, -0.15) is 0 Å². The van der Waals surface area contributed by atoms with E-state index in [2.05, 4.69) is 10.2 Å². The van der Waals surface area contributed by atoms with Crippen molar-refractivity contribution in [1.82, 2.24) is 10.2 Å². The van der Waals surface area contributed by atoms with Crippen molar-refractivity contribution in [3.05, 3.63) is 0 Å². The fraction of sp³-hybridized carbons (Fsp3) is 0.750. The summed E-state index contributed by atoms with van der Waals surface area (Å²) >= 11 is 1.21. The van der Waals surface area contributed by atoms with E-state index in [1.54, 1.807) is 0 Å². The van der Waals surface area contributed by atoms with Crippen molar-refractivity contribution in [2.45, 2.75) is 12.5 Å². The summed E-state index contributed by atoms with van der Waals surface area (Å²) in [6, 6.07) is 0. The highest BCUT2D eigenvalue weighted by molar-refractivity contribution is 7.16. The molecule has 0 aliphatic carbocycles. The van der Waals surface area contributed by atoms with Crippen LogP contribution in [0.3, 0.4) is 0 Å². The maximum Gasteiger partial charge on any atom is 0.296 e. The summed E-state index contributed by atoms with van der Waals surface area (Å²) in [7, 11) is 0. The number of nitrogens with two attached hydrogens (primary N) is 1. The van der Waals surface area contributed by atoms with Gasteiger partial charge in [0, 0.05) is 12.5 Å². The molecule has 84 valence electrons. The van der Waals surface area contributed by atoms with Gasteiger partial charge in [0.15, 0.2) is 0 Å². The molecule has 1 aromatic heterocycles. The number of aromatic nitrogens is 2. The van der Waals surface area contributed by atoms with Gasteiger partial charge in [-0.05, 0) is 17.8 Å². The molecular formula is C8H13N3O3S. The summed E-state index contributed by atoms with van der Waals surface area (Å²) < 4.78 is 10.9. The second-order valence-corrected chi connectivity index (χ2v) is 4.34. The molecule has 0 amide bonds. The monoisotopic (exact) mass is 231 g/mol. The molecule has 15 heavy (non-hydrogen) atoms. The average molecular weight is 231 g/mol. The molecule has 0 bridgehead atoms. The van der Waals surface area contributed by atoms with Gasteiger partial charge in [-0.3, -0.25) is 0 Å². The van der Waals surface area contributed by atoms with Gasteiger partial charge in [-0.15, -0.1) is 5.10 Å². The molecule has 0 unspecified atom stereocenters. The van der Waals surface area contributed by atoms with Crippen molar-refractivity contribution in [3.63, 3.8) is 0 Å². The van der Waals surface area contributed by atoms with Crippen LogP contribution in [0.5, 0.6) is 5.19 Å². The summed E-state index contributed by atoms with van der Waals surface area (Å²) in [6.45, 7) is 1.30. The van der Waals surface area contributed by atoms with Gasteiger partial charge in [0.25, 0.3) is 5.19 Å². The van der Waals surface area contributed by atoms with Crippen LogP contribution in [0, 0.1) is 5.92 Å². The van der Waals surface area contributed by atoms with Gasteiger partial charge in [0.1, 0.15) is 6.10 Å². The molecular weight excluding hydrogens is 218 g/mol. The SMILES string of the molecule is Nc1nnc(O[C@H]2COC[C@H]2CCO)s1. The van der Waals surface area contributed by atoms with Crippen LogP contribution < -0.4 is 10.5 Å². The fourth-order valence-electron chi connectivity index (χ4n) is 1.54. The number of aliphatic hydroxyl groups is 1. The van der Waals surface area contributed by atoms with Gasteiger partial charge in [0.05, 0.1) is 13.2 Å². The number of nitrogen functional groups attached to an aromatic ring is 1. The van der Waals surface area contributed by atoms with E-state index >= 15 is 0 Å². The zero-order valence-corrected chi connectivity index (χ0v) is 8.94. The highest BCUT2D eigenvalue weighted by Gasteiger charge is 2.30. The standard InChI is InChI=1S/C8H13N3O3S/c9-7-10-11-8(15-7)14-6-4-13-3-5(6)1-2-12/h5-6,12H,1-4H2,(H2,9,10)/t5-,6+/m1/s1. The van der Waals surface area contributed by atoms with E-state index in [-0.39, 0.29) is 18.6 Å². The molecule has 1 aromatic rings. The maximum atomic E-state index is 8.86. The molecule has 1 aliphatic rings. The third-order valence-corrected chi connectivity index (χ3v) is 2.96. The Balaban J connectivity index is 1.93. The minimum absolute atomic E-state index is 0.0514. The van der Waals surface area contributed by atoms with Crippen LogP contribution in [0.2, 0.25) is 0 Å². The summed E-state index contributed by atoms with van der Waals surface area (Å²) in [5.74, 6) is 0.222. The molecule has 0 saturated carbocycles. The quantitative estimate of drug-likeness (QED) is 0.751. The van der Waals surface area contributed by atoms with Crippen molar-refractivity contribution in [2.24, 2.45) is 5.92 Å². The Kier molecular flexibility index (Phi) is 3.34. The Bertz CT molecular complexity index is 320. The third-order valence-electron chi connectivity index (χ3n) is 2.31. The van der Waals surface area contributed by atoms with Crippen molar-refractivity contribution in [1.29, 1.82) is 0 Å². The first kappa shape index (κ1) is 10.6. The number of aliphatic hydroxyl groups excluding tert-OH is 1. The Hall–Kier alpha value is -0.920. The van der Waals surface area contributed by atoms with Crippen LogP contribution in [-0.4, -0.2) is 41.2 Å². The molecule has 2 atom stereocenters. The normalized spacial score (nSPS) is 25.7. The third kappa shape index (κ3) is 2.55. The number of rotatable bonds is 4. The summed E-state index contributed by atoms with van der Waals surface area (Å²) in [4.78, 5) is 0. The topological polar surface area (TPSA) is 90.5 Å². The maximum absolute atomic E-state index is 8.86. The molecule has 0 aromatic carbocycles. The highest BCUT2D eigenvalue weighted by Crippen LogP contribution is 2.26. The summed E-state index contributed by atoms with van der Waals surface area (Å²) in [5, 5.41) is 17.2. The van der Waals surface area contributed by atoms with Crippen LogP contribution in [0.25, 0.3) is 0 Å². The molecule has 7 heteroatoms. The lowest BCUT2D eigenvalue weighted by Gasteiger charge is -2.15. The largest absolute Gasteiger partial charge is 0.463 e. The van der Waals surface area contributed by atoms with E-state index in [1.165, 1.54) is 11.3 Å². The molecule has 0 spiro atoms. The van der Waals surface area contributed by atoms with E-state index in [4.69, 9.17) is 20.3 Å². The predicted octanol–water partition coefficient (Wildman–Crippen LogP) is -0.104. The van der Waals surface area contributed by atoms with Crippen LogP contribution in [0.1, 0.15) is 6.42 Å². The first-order chi connectivity index (χ1) is 7.29. The smallest absolute Gasteiger partial charge is 0.296 e. The Morgan fingerprint density at radius 3 is 3.07 bits per heavy atom. The second-order valence-electron chi connectivity index (χ2n) is 3.37. The molecule has 2 rings (SSSR count). The number of nitrogens with zero attached hydrogens (tertiary/aromatic N) is 2. The van der Waals surface area contributed by atoms with E-state index < -0.39 is 0 Å². The van der Waals surface area contributed by atoms with Crippen molar-refractivity contribution >= 4 is 16.5 Å². The van der Waals surface area contributed by atoms with Gasteiger partial charge in [-0.25, -0.2) is 0 Å². The van der Waals surface area contributed by atoms with E-state index in [0.717, 1.165) is 0 Å². The van der Waals surface area contributed by atoms with Gasteiger partial charge < -0.3 is 20.3 Å². The minimum atomic E-state index is -0.0514. The second kappa shape index (κ2) is 4.73. The molecule has 1 saturated heterocycles. The molecule has 6 nitrogen and oxygen atoms in total. The number of hydrogen-bond donors (Lipinski definition) is 2. The fourth-order valence-corrected chi connectivity index (χ4v) is 2.06. The molecule has 3 N–H and O–H groups in total. The average Bonchev–Trinajstić information content (AvgIpc) is 2.78. The van der Waals surface area contributed by atoms with Crippen molar-refractivity contribution < 1.29 is 14.6 Å². The first-order valence-corrected chi connectivity index (χ1v) is 5.55. The first-order valence-electron chi connectivity index (χ1n) is 4.74. The van der Waals surface area contributed by atoms with E-state index in [9.17, 15) is 0 Å². The van der Waals surface area contributed by atoms with E-state index in [0.29, 0.717) is 30.0 Å². The zero-order chi connectivity index (χ0) is 10.7. The number of ether oxygens (including phenoxy) is 2. The number of hydrogen-bond acceptors (Lipinski definition) is 7. The molecule has 1 aliphatic heterocycles. The van der Waals surface area contributed by atoms with Gasteiger partial charge in [-0.1, -0.05) is 5.10 Å². The van der Waals surface area contributed by atoms with E-state index in [1.807, 2.05) is 0 Å². The van der Waals surface area contributed by atoms with Crippen molar-refractivity contribution in [3.8, 4) is 5.19 Å². The Morgan fingerprint density at radius 2 is 2.40 bits per heavy atom. The summed E-state index contributed by atoms with van der Waals surface area (Å²) in [5.41, 5.74) is 5.44. The molecule has 0 radical (unpaired) electrons. The highest BCUT2D eigenvalue weighted by atomic mass is 32.1. The van der Waals surface area contributed by atoms with Crippen LogP contribution in [0.15, 0.2) is 0 Å². The van der Waals surface area contributed by atoms with Crippen LogP contribution in [-0.2, 0) is 4.74 Å². The minimum Gasteiger partial charge on any atom is -0.463 e. The Morgan fingerprint density at radius 1 is 1.53 bits per heavy atom. The van der Waals surface area contributed by atoms with Crippen LogP contribution in [0.4, 0.5) is 5.13 Å². The summed E-state index contributed by atoms with van der Waals surface area (Å²) in [6.07, 6.45) is 0.628. The zero-order valence-electron chi connectivity index (χ0n) is 8.13. The Labute approximate surface area is 91.0 Å². The molecule has 1 fully saturated rings. The van der Waals surface area contributed by atoms with Crippen LogP contribution >= 0.6 is 11.3 Å². The predicted molar refractivity (Wildman–Crippen MR) is 54.7 cm³/mol.